The fraction of sp³-hybridized carbons (Fsp3) is 0.571. The lowest BCUT2D eigenvalue weighted by atomic mass is 9.81. The number of amides is 3. The molecule has 6 nitrogen and oxygen atoms in total. The molecule has 0 aromatic heterocycles. The predicted octanol–water partition coefficient (Wildman–Crippen LogP) is 2.88. The highest BCUT2D eigenvalue weighted by Gasteiger charge is 2.30. The van der Waals surface area contributed by atoms with Crippen LogP contribution in [0, 0.1) is 0 Å². The highest BCUT2D eigenvalue weighted by Crippen LogP contribution is 2.31. The van der Waals surface area contributed by atoms with Gasteiger partial charge >= 0.3 is 0 Å². The van der Waals surface area contributed by atoms with Crippen molar-refractivity contribution in [2.45, 2.75) is 72.6 Å². The first-order valence-corrected chi connectivity index (χ1v) is 9.93. The lowest BCUT2D eigenvalue weighted by Gasteiger charge is -2.24. The SMILES string of the molecule is CCCNC(=O)c1c(CCC)c(C(N)=O)c(CCC)c(C(N)=O)c1CCC. The van der Waals surface area contributed by atoms with Crippen LogP contribution in [0.25, 0.3) is 0 Å². The third kappa shape index (κ3) is 5.08. The Labute approximate surface area is 162 Å². The summed E-state index contributed by atoms with van der Waals surface area (Å²) in [4.78, 5) is 37.7. The zero-order valence-electron chi connectivity index (χ0n) is 17.0. The highest BCUT2D eigenvalue weighted by molar-refractivity contribution is 6.09. The average molecular weight is 376 g/mol. The molecule has 1 aromatic rings. The van der Waals surface area contributed by atoms with Crippen LogP contribution < -0.4 is 16.8 Å². The maximum atomic E-state index is 13.0. The molecule has 3 amide bonds. The molecule has 0 aliphatic carbocycles. The minimum absolute atomic E-state index is 0.267. The quantitative estimate of drug-likeness (QED) is 0.552. The van der Waals surface area contributed by atoms with Crippen molar-refractivity contribution in [2.24, 2.45) is 11.5 Å². The smallest absolute Gasteiger partial charge is 0.251 e. The maximum absolute atomic E-state index is 13.0. The van der Waals surface area contributed by atoms with Crippen molar-refractivity contribution in [1.82, 2.24) is 5.32 Å². The van der Waals surface area contributed by atoms with Crippen LogP contribution in [0.5, 0.6) is 0 Å². The van der Waals surface area contributed by atoms with Gasteiger partial charge in [0.25, 0.3) is 5.91 Å². The number of nitrogens with two attached hydrogens (primary N) is 2. The van der Waals surface area contributed by atoms with E-state index in [4.69, 9.17) is 11.5 Å². The third-order valence-corrected chi connectivity index (χ3v) is 4.57. The summed E-state index contributed by atoms with van der Waals surface area (Å²) in [5.74, 6) is -1.49. The largest absolute Gasteiger partial charge is 0.366 e. The van der Waals surface area contributed by atoms with Crippen molar-refractivity contribution in [2.75, 3.05) is 6.54 Å². The topological polar surface area (TPSA) is 115 Å². The molecule has 150 valence electrons. The summed E-state index contributed by atoms with van der Waals surface area (Å²) in [6.45, 7) is 8.42. The molecule has 0 saturated heterocycles. The van der Waals surface area contributed by atoms with Crippen LogP contribution in [0.4, 0.5) is 0 Å². The number of hydrogen-bond acceptors (Lipinski definition) is 3. The molecule has 0 heterocycles. The van der Waals surface area contributed by atoms with E-state index in [9.17, 15) is 14.4 Å². The zero-order valence-corrected chi connectivity index (χ0v) is 17.0. The van der Waals surface area contributed by atoms with Crippen molar-refractivity contribution in [3.05, 3.63) is 33.4 Å². The molecule has 0 radical (unpaired) electrons. The summed E-state index contributed by atoms with van der Waals surface area (Å²) >= 11 is 0. The van der Waals surface area contributed by atoms with Crippen LogP contribution in [0.15, 0.2) is 0 Å². The van der Waals surface area contributed by atoms with Crippen molar-refractivity contribution in [3.63, 3.8) is 0 Å². The first-order valence-electron chi connectivity index (χ1n) is 9.93. The summed E-state index contributed by atoms with van der Waals surface area (Å²) in [6, 6.07) is 0. The number of rotatable bonds is 11. The van der Waals surface area contributed by atoms with Crippen LogP contribution in [0.3, 0.4) is 0 Å². The van der Waals surface area contributed by atoms with Gasteiger partial charge in [0.15, 0.2) is 0 Å². The molecule has 0 unspecified atom stereocenters. The first kappa shape index (κ1) is 22.7. The summed E-state index contributed by atoms with van der Waals surface area (Å²) in [5.41, 5.74) is 14.3. The monoisotopic (exact) mass is 375 g/mol. The Morgan fingerprint density at radius 2 is 1.04 bits per heavy atom. The van der Waals surface area contributed by atoms with Gasteiger partial charge in [0.1, 0.15) is 0 Å². The Morgan fingerprint density at radius 3 is 1.33 bits per heavy atom. The van der Waals surface area contributed by atoms with E-state index in [1.807, 2.05) is 27.7 Å². The molecule has 1 rings (SSSR count). The first-order chi connectivity index (χ1) is 12.8. The molecule has 6 heteroatoms. The van der Waals surface area contributed by atoms with Gasteiger partial charge in [-0.1, -0.05) is 47.0 Å². The van der Waals surface area contributed by atoms with Gasteiger partial charge < -0.3 is 16.8 Å². The predicted molar refractivity (Wildman–Crippen MR) is 108 cm³/mol. The summed E-state index contributed by atoms with van der Waals surface area (Å²) < 4.78 is 0. The molecule has 0 atom stereocenters. The average Bonchev–Trinajstić information content (AvgIpc) is 2.60. The van der Waals surface area contributed by atoms with Gasteiger partial charge in [0.2, 0.25) is 11.8 Å². The Kier molecular flexibility index (Phi) is 8.98. The van der Waals surface area contributed by atoms with Crippen LogP contribution in [0.2, 0.25) is 0 Å². The van der Waals surface area contributed by atoms with E-state index in [0.717, 1.165) is 25.7 Å². The lowest BCUT2D eigenvalue weighted by Crippen LogP contribution is -2.32. The number of carbonyl (C=O) groups is 3. The molecular weight excluding hydrogens is 342 g/mol. The van der Waals surface area contributed by atoms with Gasteiger partial charge in [-0.15, -0.1) is 0 Å². The van der Waals surface area contributed by atoms with E-state index in [0.29, 0.717) is 59.2 Å². The molecule has 0 saturated carbocycles. The number of carbonyl (C=O) groups excluding carboxylic acids is 3. The van der Waals surface area contributed by atoms with Gasteiger partial charge in [-0.2, -0.15) is 0 Å². The van der Waals surface area contributed by atoms with Crippen LogP contribution in [-0.4, -0.2) is 24.3 Å². The number of hydrogen-bond donors (Lipinski definition) is 3. The normalized spacial score (nSPS) is 10.7. The minimum atomic E-state index is -0.614. The van der Waals surface area contributed by atoms with Gasteiger partial charge in [-0.3, -0.25) is 14.4 Å². The molecule has 0 aliphatic heterocycles. The lowest BCUT2D eigenvalue weighted by molar-refractivity contribution is 0.0951. The van der Waals surface area contributed by atoms with E-state index >= 15 is 0 Å². The molecule has 0 bridgehead atoms. The Hall–Kier alpha value is -2.37. The Morgan fingerprint density at radius 1 is 0.667 bits per heavy atom. The van der Waals surface area contributed by atoms with Gasteiger partial charge in [-0.05, 0) is 42.4 Å². The van der Waals surface area contributed by atoms with E-state index in [2.05, 4.69) is 5.32 Å². The Balaban J connectivity index is 4.02. The molecule has 1 aromatic carbocycles. The van der Waals surface area contributed by atoms with Gasteiger partial charge in [0.05, 0.1) is 0 Å². The number of primary amides is 2. The van der Waals surface area contributed by atoms with E-state index < -0.39 is 11.8 Å². The van der Waals surface area contributed by atoms with Crippen LogP contribution >= 0.6 is 0 Å². The van der Waals surface area contributed by atoms with E-state index in [1.54, 1.807) is 0 Å². The molecule has 0 fully saturated rings. The third-order valence-electron chi connectivity index (χ3n) is 4.57. The standard InChI is InChI=1S/C21H33N3O3/c1-5-9-13-16(19(22)25)14(10-6-2)18(21(27)24-12-8-4)15(11-7-3)17(13)20(23)26/h5-12H2,1-4H3,(H2,22,25)(H2,23,26)(H,24,27). The van der Waals surface area contributed by atoms with Gasteiger partial charge in [0, 0.05) is 23.2 Å². The van der Waals surface area contributed by atoms with Crippen molar-refractivity contribution in [1.29, 1.82) is 0 Å². The number of benzene rings is 1. The van der Waals surface area contributed by atoms with Crippen molar-refractivity contribution < 1.29 is 14.4 Å². The maximum Gasteiger partial charge on any atom is 0.251 e. The van der Waals surface area contributed by atoms with Crippen LogP contribution in [-0.2, 0) is 19.3 Å². The molecular formula is C21H33N3O3. The fourth-order valence-corrected chi connectivity index (χ4v) is 3.62. The van der Waals surface area contributed by atoms with E-state index in [1.165, 1.54) is 0 Å². The molecule has 0 aliphatic rings. The van der Waals surface area contributed by atoms with Gasteiger partial charge in [-0.25, -0.2) is 0 Å². The zero-order chi connectivity index (χ0) is 20.6. The van der Waals surface area contributed by atoms with Crippen molar-refractivity contribution in [3.8, 4) is 0 Å². The second kappa shape index (κ2) is 10.7. The fourth-order valence-electron chi connectivity index (χ4n) is 3.62. The second-order valence-corrected chi connectivity index (χ2v) is 6.80. The van der Waals surface area contributed by atoms with Crippen LogP contribution in [0.1, 0.15) is 101 Å². The minimum Gasteiger partial charge on any atom is -0.366 e. The highest BCUT2D eigenvalue weighted by atomic mass is 16.2. The summed E-state index contributed by atoms with van der Waals surface area (Å²) in [6.07, 6.45) is 4.62. The second-order valence-electron chi connectivity index (χ2n) is 6.80. The number of nitrogens with one attached hydrogen (secondary N) is 1. The summed E-state index contributed by atoms with van der Waals surface area (Å²) in [5, 5.41) is 2.89. The molecule has 0 spiro atoms. The molecule has 5 N–H and O–H groups in total. The Bertz CT molecular complexity index is 666. The summed E-state index contributed by atoms with van der Waals surface area (Å²) in [7, 11) is 0. The van der Waals surface area contributed by atoms with E-state index in [-0.39, 0.29) is 5.91 Å². The van der Waals surface area contributed by atoms with Crippen molar-refractivity contribution >= 4 is 17.7 Å². The molecule has 27 heavy (non-hydrogen) atoms.